The summed E-state index contributed by atoms with van der Waals surface area (Å²) in [6.07, 6.45) is 3.49. The first-order valence-electron chi connectivity index (χ1n) is 1.64. The molecule has 0 spiro atoms. The molecule has 0 radical (unpaired) electrons. The maximum absolute atomic E-state index is 7.98. The van der Waals surface area contributed by atoms with Gasteiger partial charge in [0.25, 0.3) is 0 Å². The van der Waals surface area contributed by atoms with Gasteiger partial charge in [-0.1, -0.05) is 19.6 Å². The summed E-state index contributed by atoms with van der Waals surface area (Å²) in [6, 6.07) is 0. The molecule has 0 unspecified atom stereocenters. The Labute approximate surface area is 39.3 Å². The normalized spacial score (nSPS) is 8.33. The molecule has 6 heavy (non-hydrogen) atoms. The van der Waals surface area contributed by atoms with Gasteiger partial charge in [-0.05, 0) is 6.92 Å². The van der Waals surface area contributed by atoms with Crippen molar-refractivity contribution in [3.63, 3.8) is 0 Å². The molecule has 0 aromatic rings. The Morgan fingerprint density at radius 2 is 2.17 bits per heavy atom. The minimum Gasteiger partial charge on any atom is -0.392 e. The topological polar surface area (TPSA) is 20.2 Å². The van der Waals surface area contributed by atoms with Crippen molar-refractivity contribution in [2.45, 2.75) is 14.4 Å². The molecule has 0 fully saturated rings. The summed E-state index contributed by atoms with van der Waals surface area (Å²) in [5.41, 5.74) is 0. The van der Waals surface area contributed by atoms with Crippen LogP contribution < -0.4 is 0 Å². The fourth-order valence-electron chi connectivity index (χ4n) is 0.105. The van der Waals surface area contributed by atoms with Gasteiger partial charge in [-0.3, -0.25) is 0 Å². The van der Waals surface area contributed by atoms with Crippen LogP contribution in [0.2, 0.25) is 0 Å². The zero-order valence-electron chi connectivity index (χ0n) is 3.31. The van der Waals surface area contributed by atoms with Crippen LogP contribution in [0.15, 0.2) is 12.2 Å². The number of allylic oxidation sites excluding steroid dienone is 1. The first-order chi connectivity index (χ1) is 2.41. The van der Waals surface area contributed by atoms with E-state index in [0.29, 0.717) is 0 Å². The maximum atomic E-state index is 7.98. The van der Waals surface area contributed by atoms with E-state index in [1.807, 2.05) is 6.92 Å². The van der Waals surface area contributed by atoms with Gasteiger partial charge < -0.3 is 5.11 Å². The second-order valence-corrected chi connectivity index (χ2v) is 0.752. The Hall–Kier alpha value is -0.300. The van der Waals surface area contributed by atoms with E-state index in [9.17, 15) is 0 Å². The van der Waals surface area contributed by atoms with Crippen LogP contribution in [0.1, 0.15) is 14.4 Å². The van der Waals surface area contributed by atoms with Crippen molar-refractivity contribution in [2.24, 2.45) is 0 Å². The van der Waals surface area contributed by atoms with Gasteiger partial charge in [-0.15, -0.1) is 0 Å². The zero-order chi connectivity index (χ0) is 4.12. The minimum absolute atomic E-state index is 0. The van der Waals surface area contributed by atoms with Crippen LogP contribution in [0.5, 0.6) is 0 Å². The van der Waals surface area contributed by atoms with Crippen molar-refractivity contribution in [1.29, 1.82) is 0 Å². The summed E-state index contributed by atoms with van der Waals surface area (Å²) in [5, 5.41) is 7.98. The molecule has 0 amide bonds. The molecule has 0 rings (SSSR count). The molecule has 38 valence electrons. The van der Waals surface area contributed by atoms with Crippen molar-refractivity contribution < 1.29 is 5.11 Å². The lowest BCUT2D eigenvalue weighted by Gasteiger charge is -1.66. The summed E-state index contributed by atoms with van der Waals surface area (Å²) in [7, 11) is 0. The molecule has 0 aliphatic carbocycles. The number of hydrogen-bond acceptors (Lipinski definition) is 1. The molecule has 0 aliphatic rings. The number of aliphatic hydroxyl groups excluding tert-OH is 1. The standard InChI is InChI=1S/C4H8O.CH4/c1-2-3-4-5;/h2-3,5H,4H2,1H3;1H4. The van der Waals surface area contributed by atoms with Gasteiger partial charge in [0.1, 0.15) is 0 Å². The number of rotatable bonds is 1. The van der Waals surface area contributed by atoms with Crippen LogP contribution in [0.25, 0.3) is 0 Å². The molecule has 1 nitrogen and oxygen atoms in total. The lowest BCUT2D eigenvalue weighted by Crippen LogP contribution is -1.65. The third kappa shape index (κ3) is 9.33. The van der Waals surface area contributed by atoms with E-state index in [2.05, 4.69) is 0 Å². The summed E-state index contributed by atoms with van der Waals surface area (Å²) in [4.78, 5) is 0. The Balaban J connectivity index is 0. The van der Waals surface area contributed by atoms with E-state index in [4.69, 9.17) is 5.11 Å². The third-order valence-corrected chi connectivity index (χ3v) is 0.341. The summed E-state index contributed by atoms with van der Waals surface area (Å²) < 4.78 is 0. The van der Waals surface area contributed by atoms with Crippen LogP contribution in [0, 0.1) is 0 Å². The number of aliphatic hydroxyl groups is 1. The van der Waals surface area contributed by atoms with Crippen LogP contribution in [-0.2, 0) is 0 Å². The Morgan fingerprint density at radius 3 is 2.17 bits per heavy atom. The first-order valence-corrected chi connectivity index (χ1v) is 1.64. The predicted molar refractivity (Wildman–Crippen MR) is 28.6 cm³/mol. The van der Waals surface area contributed by atoms with Crippen LogP contribution in [-0.4, -0.2) is 11.7 Å². The summed E-state index contributed by atoms with van der Waals surface area (Å²) in [5.74, 6) is 0. The first kappa shape index (κ1) is 9.20. The SMILES string of the molecule is C.CC=CCO. The van der Waals surface area contributed by atoms with Crippen molar-refractivity contribution in [3.05, 3.63) is 12.2 Å². The van der Waals surface area contributed by atoms with Crippen molar-refractivity contribution in [3.8, 4) is 0 Å². The Bertz CT molecular complexity index is 30.9. The van der Waals surface area contributed by atoms with E-state index in [-0.39, 0.29) is 14.0 Å². The predicted octanol–water partition coefficient (Wildman–Crippen LogP) is 1.19. The Kier molecular flexibility index (Phi) is 13.5. The summed E-state index contributed by atoms with van der Waals surface area (Å²) in [6.45, 7) is 2.03. The molecule has 0 heterocycles. The van der Waals surface area contributed by atoms with E-state index in [1.165, 1.54) is 0 Å². The molecule has 0 aromatic heterocycles. The fraction of sp³-hybridized carbons (Fsp3) is 0.600. The molecule has 0 aromatic carbocycles. The second kappa shape index (κ2) is 8.83. The Morgan fingerprint density at radius 1 is 1.67 bits per heavy atom. The van der Waals surface area contributed by atoms with E-state index < -0.39 is 0 Å². The average Bonchev–Trinajstić information content (AvgIpc) is 1.41. The molecule has 1 N–H and O–H groups in total. The van der Waals surface area contributed by atoms with Crippen molar-refractivity contribution in [2.75, 3.05) is 6.61 Å². The van der Waals surface area contributed by atoms with E-state index >= 15 is 0 Å². The van der Waals surface area contributed by atoms with Crippen molar-refractivity contribution >= 4 is 0 Å². The second-order valence-electron chi connectivity index (χ2n) is 0.752. The molecular formula is C5H12O. The van der Waals surface area contributed by atoms with Gasteiger partial charge in [0.2, 0.25) is 0 Å². The van der Waals surface area contributed by atoms with Crippen molar-refractivity contribution in [1.82, 2.24) is 0 Å². The lowest BCUT2D eigenvalue weighted by molar-refractivity contribution is 0.342. The minimum atomic E-state index is 0. The zero-order valence-corrected chi connectivity index (χ0v) is 3.31. The lowest BCUT2D eigenvalue weighted by atomic mass is 10.6. The highest BCUT2D eigenvalue weighted by atomic mass is 16.2. The highest BCUT2D eigenvalue weighted by molar-refractivity contribution is 4.74. The number of hydrogen-bond donors (Lipinski definition) is 1. The molecule has 1 heteroatoms. The van der Waals surface area contributed by atoms with Crippen LogP contribution in [0.4, 0.5) is 0 Å². The van der Waals surface area contributed by atoms with Gasteiger partial charge in [0, 0.05) is 0 Å². The third-order valence-electron chi connectivity index (χ3n) is 0.341. The van der Waals surface area contributed by atoms with Gasteiger partial charge in [0.15, 0.2) is 0 Å². The highest BCUT2D eigenvalue weighted by Gasteiger charge is 1.52. The van der Waals surface area contributed by atoms with Crippen LogP contribution in [0.3, 0.4) is 0 Å². The molecule has 0 saturated heterocycles. The van der Waals surface area contributed by atoms with Gasteiger partial charge in [0.05, 0.1) is 6.61 Å². The van der Waals surface area contributed by atoms with E-state index in [0.717, 1.165) is 0 Å². The van der Waals surface area contributed by atoms with E-state index in [1.54, 1.807) is 12.2 Å². The fourth-order valence-corrected chi connectivity index (χ4v) is 0.105. The smallest absolute Gasteiger partial charge is 0.0612 e. The maximum Gasteiger partial charge on any atom is 0.0612 e. The molecule has 0 saturated carbocycles. The molecule has 0 atom stereocenters. The molecule has 0 aliphatic heterocycles. The quantitative estimate of drug-likeness (QED) is 0.477. The van der Waals surface area contributed by atoms with Gasteiger partial charge in [-0.2, -0.15) is 0 Å². The molecule has 0 bridgehead atoms. The monoisotopic (exact) mass is 88.1 g/mol. The largest absolute Gasteiger partial charge is 0.392 e. The average molecular weight is 88.2 g/mol. The van der Waals surface area contributed by atoms with Gasteiger partial charge in [-0.25, -0.2) is 0 Å². The highest BCUT2D eigenvalue weighted by Crippen LogP contribution is 1.60. The van der Waals surface area contributed by atoms with Gasteiger partial charge >= 0.3 is 0 Å². The molecular weight excluding hydrogens is 76.1 g/mol. The van der Waals surface area contributed by atoms with Crippen LogP contribution >= 0.6 is 0 Å². The summed E-state index contributed by atoms with van der Waals surface area (Å²) >= 11 is 0.